The fourth-order valence-electron chi connectivity index (χ4n) is 1.03. The van der Waals surface area contributed by atoms with Crippen molar-refractivity contribution >= 4 is 5.91 Å². The first-order chi connectivity index (χ1) is 7.27. The molecule has 2 heterocycles. The van der Waals surface area contributed by atoms with Crippen LogP contribution in [0.25, 0.3) is 11.4 Å². The van der Waals surface area contributed by atoms with Crippen molar-refractivity contribution in [2.45, 2.75) is 7.43 Å². The van der Waals surface area contributed by atoms with E-state index in [0.717, 1.165) is 5.56 Å². The number of nitrogens with two attached hydrogens (primary N) is 1. The molecular weight excluding hydrogens is 206 g/mol. The minimum atomic E-state index is -0.547. The van der Waals surface area contributed by atoms with Crippen LogP contribution in [0.2, 0.25) is 0 Å². The highest BCUT2D eigenvalue weighted by Crippen LogP contribution is 2.10. The van der Waals surface area contributed by atoms with Gasteiger partial charge in [-0.2, -0.15) is 10.2 Å². The molecule has 0 atom stereocenters. The third-order valence-corrected chi connectivity index (χ3v) is 1.78. The first-order valence-corrected chi connectivity index (χ1v) is 4.16. The maximum Gasteiger partial charge on any atom is 0.251 e. The fraction of sp³-hybridized carbons (Fsp3) is 0.100. The number of hydrogen-bond acceptors (Lipinski definition) is 5. The van der Waals surface area contributed by atoms with Gasteiger partial charge in [-0.1, -0.05) is 7.43 Å². The van der Waals surface area contributed by atoms with E-state index in [1.54, 1.807) is 18.5 Å². The van der Waals surface area contributed by atoms with E-state index in [1.165, 1.54) is 12.4 Å². The number of carbonyl (C=O) groups is 1. The van der Waals surface area contributed by atoms with Crippen LogP contribution in [0.3, 0.4) is 0 Å². The number of hydrogen-bond donors (Lipinski definition) is 1. The van der Waals surface area contributed by atoms with Gasteiger partial charge in [-0.25, -0.2) is 9.97 Å². The van der Waals surface area contributed by atoms with Gasteiger partial charge in [-0.3, -0.25) is 4.79 Å². The van der Waals surface area contributed by atoms with Crippen molar-refractivity contribution in [3.63, 3.8) is 0 Å². The largest absolute Gasteiger partial charge is 0.366 e. The Morgan fingerprint density at radius 3 is 2.31 bits per heavy atom. The molecule has 0 aliphatic rings. The minimum Gasteiger partial charge on any atom is -0.366 e. The highest BCUT2D eigenvalue weighted by Gasteiger charge is 2.04. The summed E-state index contributed by atoms with van der Waals surface area (Å²) in [5, 5.41) is 7.33. The van der Waals surface area contributed by atoms with Crippen molar-refractivity contribution in [2.24, 2.45) is 5.73 Å². The lowest BCUT2D eigenvalue weighted by atomic mass is 10.3. The van der Waals surface area contributed by atoms with Crippen LogP contribution in [0.1, 0.15) is 17.8 Å². The number of rotatable bonds is 2. The Labute approximate surface area is 92.6 Å². The maximum atomic E-state index is 10.8. The Morgan fingerprint density at radius 1 is 1.12 bits per heavy atom. The molecule has 0 saturated carbocycles. The van der Waals surface area contributed by atoms with Crippen molar-refractivity contribution in [1.29, 1.82) is 0 Å². The molecule has 0 saturated heterocycles. The molecule has 0 aliphatic heterocycles. The molecule has 82 valence electrons. The van der Waals surface area contributed by atoms with E-state index < -0.39 is 5.91 Å². The average Bonchev–Trinajstić information content (AvgIpc) is 2.30. The van der Waals surface area contributed by atoms with Gasteiger partial charge in [-0.15, -0.1) is 0 Å². The summed E-state index contributed by atoms with van der Waals surface area (Å²) in [6, 6.07) is 1.73. The molecule has 0 fully saturated rings. The summed E-state index contributed by atoms with van der Waals surface area (Å²) in [5.74, 6) is -0.0655. The first kappa shape index (κ1) is 11.7. The van der Waals surface area contributed by atoms with Gasteiger partial charge in [0.15, 0.2) is 5.82 Å². The Morgan fingerprint density at radius 2 is 1.81 bits per heavy atom. The Bertz CT molecular complexity index is 468. The van der Waals surface area contributed by atoms with Crippen LogP contribution in [0.4, 0.5) is 0 Å². The van der Waals surface area contributed by atoms with Gasteiger partial charge in [0.05, 0.1) is 18.0 Å². The molecule has 0 radical (unpaired) electrons. The zero-order chi connectivity index (χ0) is 10.7. The summed E-state index contributed by atoms with van der Waals surface area (Å²) < 4.78 is 0. The first-order valence-electron chi connectivity index (χ1n) is 4.16. The number of carbonyl (C=O) groups excluding carboxylic acids is 1. The Balaban J connectivity index is 0.00000128. The second kappa shape index (κ2) is 4.92. The standard InChI is InChI=1S/C9H7N5O.CH4/c10-8(15)7-3-11-9(12-4-7)6-1-2-13-14-5-6;/h1-5H,(H2,10,15);1H4. The summed E-state index contributed by atoms with van der Waals surface area (Å²) in [6.07, 6.45) is 5.84. The highest BCUT2D eigenvalue weighted by atomic mass is 16.1. The number of primary amides is 1. The third kappa shape index (κ3) is 2.35. The van der Waals surface area contributed by atoms with Gasteiger partial charge < -0.3 is 5.73 Å². The smallest absolute Gasteiger partial charge is 0.251 e. The van der Waals surface area contributed by atoms with E-state index in [1.807, 2.05) is 0 Å². The SMILES string of the molecule is C.NC(=O)c1cnc(-c2ccnnc2)nc1. The highest BCUT2D eigenvalue weighted by molar-refractivity contribution is 5.92. The normalized spacial score (nSPS) is 9.25. The molecule has 2 aromatic heterocycles. The molecular formula is C10H11N5O. The summed E-state index contributed by atoms with van der Waals surface area (Å²) in [7, 11) is 0. The molecule has 0 unspecified atom stereocenters. The topological polar surface area (TPSA) is 94.7 Å². The summed E-state index contributed by atoms with van der Waals surface area (Å²) >= 11 is 0. The molecule has 0 aliphatic carbocycles. The minimum absolute atomic E-state index is 0. The van der Waals surface area contributed by atoms with E-state index in [0.29, 0.717) is 5.82 Å². The summed E-state index contributed by atoms with van der Waals surface area (Å²) in [4.78, 5) is 18.7. The van der Waals surface area contributed by atoms with Crippen LogP contribution in [-0.4, -0.2) is 26.1 Å². The second-order valence-electron chi connectivity index (χ2n) is 2.79. The van der Waals surface area contributed by atoms with Crippen LogP contribution in [0.15, 0.2) is 30.9 Å². The zero-order valence-corrected chi connectivity index (χ0v) is 7.66. The van der Waals surface area contributed by atoms with Crippen LogP contribution in [0, 0.1) is 0 Å². The van der Waals surface area contributed by atoms with Crippen molar-refractivity contribution in [2.75, 3.05) is 0 Å². The van der Waals surface area contributed by atoms with E-state index in [9.17, 15) is 4.79 Å². The predicted molar refractivity (Wildman–Crippen MR) is 58.3 cm³/mol. The van der Waals surface area contributed by atoms with Crippen molar-refractivity contribution in [3.05, 3.63) is 36.4 Å². The lowest BCUT2D eigenvalue weighted by molar-refractivity contribution is 0.0999. The van der Waals surface area contributed by atoms with E-state index in [-0.39, 0.29) is 13.0 Å². The number of aromatic nitrogens is 4. The van der Waals surface area contributed by atoms with Crippen molar-refractivity contribution in [3.8, 4) is 11.4 Å². The Kier molecular flexibility index (Phi) is 3.60. The molecule has 6 nitrogen and oxygen atoms in total. The molecule has 6 heteroatoms. The summed E-state index contributed by atoms with van der Waals surface area (Å²) in [5.41, 5.74) is 6.08. The van der Waals surface area contributed by atoms with Crippen molar-refractivity contribution in [1.82, 2.24) is 20.2 Å². The molecule has 0 aromatic carbocycles. The van der Waals surface area contributed by atoms with Crippen LogP contribution in [-0.2, 0) is 0 Å². The third-order valence-electron chi connectivity index (χ3n) is 1.78. The van der Waals surface area contributed by atoms with Gasteiger partial charge in [0.25, 0.3) is 5.91 Å². The van der Waals surface area contributed by atoms with Gasteiger partial charge >= 0.3 is 0 Å². The zero-order valence-electron chi connectivity index (χ0n) is 7.66. The van der Waals surface area contributed by atoms with E-state index in [4.69, 9.17) is 5.73 Å². The molecule has 1 amide bonds. The second-order valence-corrected chi connectivity index (χ2v) is 2.79. The molecule has 2 N–H and O–H groups in total. The molecule has 0 bridgehead atoms. The molecule has 0 spiro atoms. The number of amides is 1. The monoisotopic (exact) mass is 217 g/mol. The average molecular weight is 217 g/mol. The quantitative estimate of drug-likeness (QED) is 0.797. The van der Waals surface area contributed by atoms with E-state index in [2.05, 4.69) is 20.2 Å². The van der Waals surface area contributed by atoms with Gasteiger partial charge in [-0.05, 0) is 6.07 Å². The van der Waals surface area contributed by atoms with Gasteiger partial charge in [0.2, 0.25) is 0 Å². The van der Waals surface area contributed by atoms with Crippen LogP contribution in [0.5, 0.6) is 0 Å². The summed E-state index contributed by atoms with van der Waals surface area (Å²) in [6.45, 7) is 0. The molecule has 2 aromatic rings. The van der Waals surface area contributed by atoms with E-state index >= 15 is 0 Å². The number of nitrogens with zero attached hydrogens (tertiary/aromatic N) is 4. The predicted octanol–water partition coefficient (Wildman–Crippen LogP) is 0.669. The van der Waals surface area contributed by atoms with Crippen LogP contribution < -0.4 is 5.73 Å². The lowest BCUT2D eigenvalue weighted by Gasteiger charge is -1.98. The molecule has 16 heavy (non-hydrogen) atoms. The Hall–Kier alpha value is -2.37. The maximum absolute atomic E-state index is 10.8. The van der Waals surface area contributed by atoms with Gasteiger partial charge in [0.1, 0.15) is 0 Å². The molecule has 2 rings (SSSR count). The lowest BCUT2D eigenvalue weighted by Crippen LogP contribution is -2.11. The van der Waals surface area contributed by atoms with Crippen molar-refractivity contribution < 1.29 is 4.79 Å². The van der Waals surface area contributed by atoms with Crippen LogP contribution >= 0.6 is 0 Å². The van der Waals surface area contributed by atoms with Gasteiger partial charge in [0, 0.05) is 18.0 Å². The fourth-order valence-corrected chi connectivity index (χ4v) is 1.03.